The summed E-state index contributed by atoms with van der Waals surface area (Å²) < 4.78 is 20.9. The molecule has 0 aliphatic carbocycles. The molecule has 174 valence electrons. The van der Waals surface area contributed by atoms with E-state index in [1.54, 1.807) is 47.3 Å². The molecule has 0 spiro atoms. The van der Waals surface area contributed by atoms with Gasteiger partial charge in [-0.2, -0.15) is 5.10 Å². The van der Waals surface area contributed by atoms with Crippen LogP contribution in [0.15, 0.2) is 59.4 Å². The minimum atomic E-state index is -0.866. The van der Waals surface area contributed by atoms with Crippen molar-refractivity contribution in [1.29, 1.82) is 0 Å². The van der Waals surface area contributed by atoms with E-state index < -0.39 is 12.0 Å². The second-order valence-corrected chi connectivity index (χ2v) is 8.38. The smallest absolute Gasteiger partial charge is 0.326 e. The maximum atomic E-state index is 14.3. The monoisotopic (exact) mass is 462 g/mol. The van der Waals surface area contributed by atoms with Gasteiger partial charge in [-0.15, -0.1) is 0 Å². The van der Waals surface area contributed by atoms with Gasteiger partial charge in [0.15, 0.2) is 5.82 Å². The summed E-state index contributed by atoms with van der Waals surface area (Å²) in [5.74, 6) is -0.312. The molecule has 9 nitrogen and oxygen atoms in total. The van der Waals surface area contributed by atoms with Crippen molar-refractivity contribution in [3.8, 4) is 22.9 Å². The number of carboxylic acid groups (broad SMARTS) is 1. The molecule has 2 unspecified atom stereocenters. The standard InChI is InChI=1S/C24H23FN6O3/c1-15-5-4-11-30(22(15)24(32)33)21-8-10-26-23(27-21)19-13-20(18-9-12-34-29-18)31(28-19)14-16-6-2-3-7-17(16)25/h2-3,6-10,12-13,15,22H,4-5,11,14H2,1H3,(H,32,33). The highest BCUT2D eigenvalue weighted by Crippen LogP contribution is 2.30. The average molecular weight is 462 g/mol. The molecular weight excluding hydrogens is 439 g/mol. The third-order valence-electron chi connectivity index (χ3n) is 6.11. The van der Waals surface area contributed by atoms with Crippen LogP contribution >= 0.6 is 0 Å². The summed E-state index contributed by atoms with van der Waals surface area (Å²) in [6, 6.07) is 11.0. The predicted octanol–water partition coefficient (Wildman–Crippen LogP) is 3.87. The van der Waals surface area contributed by atoms with Crippen LogP contribution in [0, 0.1) is 11.7 Å². The summed E-state index contributed by atoms with van der Waals surface area (Å²) in [6.07, 6.45) is 4.79. The number of hydrogen-bond donors (Lipinski definition) is 1. The fourth-order valence-corrected chi connectivity index (χ4v) is 4.44. The number of aliphatic carboxylic acids is 1. The highest BCUT2D eigenvalue weighted by atomic mass is 19.1. The van der Waals surface area contributed by atoms with Crippen molar-refractivity contribution in [3.05, 3.63) is 66.3 Å². The largest absolute Gasteiger partial charge is 0.480 e. The number of rotatable bonds is 6. The second-order valence-electron chi connectivity index (χ2n) is 8.38. The third-order valence-corrected chi connectivity index (χ3v) is 6.11. The lowest BCUT2D eigenvalue weighted by Gasteiger charge is -2.38. The summed E-state index contributed by atoms with van der Waals surface area (Å²) in [5.41, 5.74) is 2.11. The molecule has 4 aromatic rings. The van der Waals surface area contributed by atoms with E-state index in [9.17, 15) is 14.3 Å². The molecular formula is C24H23FN6O3. The fourth-order valence-electron chi connectivity index (χ4n) is 4.44. The minimum absolute atomic E-state index is 0.00316. The van der Waals surface area contributed by atoms with Gasteiger partial charge in [0.05, 0.1) is 12.2 Å². The molecule has 10 heteroatoms. The molecule has 0 radical (unpaired) electrons. The average Bonchev–Trinajstić information content (AvgIpc) is 3.50. The van der Waals surface area contributed by atoms with Gasteiger partial charge in [-0.3, -0.25) is 4.68 Å². The van der Waals surface area contributed by atoms with E-state index in [-0.39, 0.29) is 18.3 Å². The Morgan fingerprint density at radius 2 is 2.09 bits per heavy atom. The van der Waals surface area contributed by atoms with Crippen LogP contribution in [0.2, 0.25) is 0 Å². The molecule has 5 rings (SSSR count). The van der Waals surface area contributed by atoms with Crippen molar-refractivity contribution >= 4 is 11.8 Å². The summed E-state index contributed by atoms with van der Waals surface area (Å²) in [7, 11) is 0. The summed E-state index contributed by atoms with van der Waals surface area (Å²) in [4.78, 5) is 22.8. The number of piperidine rings is 1. The van der Waals surface area contributed by atoms with E-state index in [2.05, 4.69) is 20.2 Å². The maximum Gasteiger partial charge on any atom is 0.326 e. The Morgan fingerprint density at radius 1 is 1.24 bits per heavy atom. The van der Waals surface area contributed by atoms with Gasteiger partial charge in [0, 0.05) is 24.4 Å². The van der Waals surface area contributed by atoms with Crippen LogP contribution in [0.4, 0.5) is 10.2 Å². The number of carboxylic acids is 1. The molecule has 0 saturated carbocycles. The summed E-state index contributed by atoms with van der Waals surface area (Å²) in [6.45, 7) is 2.73. The van der Waals surface area contributed by atoms with Crippen molar-refractivity contribution in [2.75, 3.05) is 11.4 Å². The Balaban J connectivity index is 1.53. The highest BCUT2D eigenvalue weighted by molar-refractivity contribution is 5.78. The molecule has 1 fully saturated rings. The second kappa shape index (κ2) is 9.05. The number of hydrogen-bond acceptors (Lipinski definition) is 7. The van der Waals surface area contributed by atoms with E-state index in [4.69, 9.17) is 4.52 Å². The molecule has 4 heterocycles. The van der Waals surface area contributed by atoms with Gasteiger partial charge >= 0.3 is 5.97 Å². The van der Waals surface area contributed by atoms with E-state index >= 15 is 0 Å². The highest BCUT2D eigenvalue weighted by Gasteiger charge is 2.35. The van der Waals surface area contributed by atoms with Crippen LogP contribution in [-0.2, 0) is 11.3 Å². The number of benzene rings is 1. The lowest BCUT2D eigenvalue weighted by atomic mass is 9.91. The number of nitrogens with zero attached hydrogens (tertiary/aromatic N) is 6. The zero-order chi connectivity index (χ0) is 23.7. The zero-order valence-electron chi connectivity index (χ0n) is 18.5. The van der Waals surface area contributed by atoms with Crippen molar-refractivity contribution in [1.82, 2.24) is 24.9 Å². The number of anilines is 1. The van der Waals surface area contributed by atoms with E-state index in [1.165, 1.54) is 12.3 Å². The summed E-state index contributed by atoms with van der Waals surface area (Å²) in [5, 5.41) is 18.4. The number of halogens is 1. The zero-order valence-corrected chi connectivity index (χ0v) is 18.5. The molecule has 1 aromatic carbocycles. The first kappa shape index (κ1) is 21.7. The Hall–Kier alpha value is -4.08. The van der Waals surface area contributed by atoms with Crippen LogP contribution in [0.5, 0.6) is 0 Å². The van der Waals surface area contributed by atoms with Gasteiger partial charge in [0.2, 0.25) is 0 Å². The van der Waals surface area contributed by atoms with Crippen molar-refractivity contribution in [2.45, 2.75) is 32.4 Å². The van der Waals surface area contributed by atoms with Gasteiger partial charge in [0.1, 0.15) is 35.3 Å². The molecule has 1 N–H and O–H groups in total. The Bertz CT molecular complexity index is 1310. The van der Waals surface area contributed by atoms with Crippen LogP contribution in [0.1, 0.15) is 25.3 Å². The number of aromatic nitrogens is 5. The first-order valence-corrected chi connectivity index (χ1v) is 11.1. The predicted molar refractivity (Wildman–Crippen MR) is 121 cm³/mol. The molecule has 1 saturated heterocycles. The van der Waals surface area contributed by atoms with Crippen LogP contribution < -0.4 is 4.90 Å². The van der Waals surface area contributed by atoms with Crippen molar-refractivity contribution < 1.29 is 18.8 Å². The molecule has 2 atom stereocenters. The van der Waals surface area contributed by atoms with Crippen LogP contribution in [0.25, 0.3) is 22.9 Å². The molecule has 0 bridgehead atoms. The Morgan fingerprint density at radius 3 is 2.85 bits per heavy atom. The van der Waals surface area contributed by atoms with Crippen molar-refractivity contribution in [2.24, 2.45) is 5.92 Å². The Kier molecular flexibility index (Phi) is 5.79. The SMILES string of the molecule is CC1CCCN(c2ccnc(-c3cc(-c4ccon4)n(Cc4ccccc4F)n3)n2)C1C(=O)O. The summed E-state index contributed by atoms with van der Waals surface area (Å²) >= 11 is 0. The van der Waals surface area contributed by atoms with Gasteiger partial charge < -0.3 is 14.5 Å². The van der Waals surface area contributed by atoms with Crippen LogP contribution in [0.3, 0.4) is 0 Å². The van der Waals surface area contributed by atoms with Gasteiger partial charge in [-0.05, 0) is 37.0 Å². The quantitative estimate of drug-likeness (QED) is 0.460. The molecule has 1 aliphatic heterocycles. The molecule has 3 aromatic heterocycles. The minimum Gasteiger partial charge on any atom is -0.480 e. The van der Waals surface area contributed by atoms with Gasteiger partial charge in [0.25, 0.3) is 0 Å². The number of carbonyl (C=O) groups is 1. The fraction of sp³-hybridized carbons (Fsp3) is 0.292. The lowest BCUT2D eigenvalue weighted by Crippen LogP contribution is -2.49. The topological polar surface area (TPSA) is 110 Å². The van der Waals surface area contributed by atoms with Crippen LogP contribution in [-0.4, -0.2) is 48.6 Å². The van der Waals surface area contributed by atoms with Crippen molar-refractivity contribution in [3.63, 3.8) is 0 Å². The molecule has 1 aliphatic rings. The molecule has 34 heavy (non-hydrogen) atoms. The van der Waals surface area contributed by atoms with E-state index in [1.807, 2.05) is 11.8 Å². The van der Waals surface area contributed by atoms with Gasteiger partial charge in [-0.1, -0.05) is 30.3 Å². The van der Waals surface area contributed by atoms with E-state index in [0.717, 1.165) is 12.8 Å². The third kappa shape index (κ3) is 4.14. The first-order valence-electron chi connectivity index (χ1n) is 11.1. The van der Waals surface area contributed by atoms with Gasteiger partial charge in [-0.25, -0.2) is 19.2 Å². The van der Waals surface area contributed by atoms with E-state index in [0.29, 0.717) is 40.8 Å². The molecule has 0 amide bonds. The maximum absolute atomic E-state index is 14.3. The first-order chi connectivity index (χ1) is 16.5. The normalized spacial score (nSPS) is 18.2. The Labute approximate surface area is 194 Å². The lowest BCUT2D eigenvalue weighted by molar-refractivity contribution is -0.140.